The second-order valence-electron chi connectivity index (χ2n) is 5.74. The minimum absolute atomic E-state index is 0.258. The van der Waals surface area contributed by atoms with Gasteiger partial charge >= 0.3 is 0 Å². The maximum Gasteiger partial charge on any atom is 0.0965 e. The molecule has 1 fully saturated rings. The molecule has 0 bridgehead atoms. The normalized spacial score (nSPS) is 20.1. The van der Waals surface area contributed by atoms with Crippen LogP contribution in [-0.4, -0.2) is 27.4 Å². The van der Waals surface area contributed by atoms with Gasteiger partial charge in [0.15, 0.2) is 0 Å². The third-order valence-corrected chi connectivity index (χ3v) is 5.31. The lowest BCUT2D eigenvalue weighted by atomic mass is 9.83. The standard InChI is InChI=1S/C16H21NO2S/c18-13(16(19)11-6-2-1-3-7-11)10-15-17-12-8-4-5-9-14(12)20-15/h4-5,8-9,11,13,16,18-19H,1-3,6-7,10H2. The molecule has 0 amide bonds. The molecule has 1 aromatic heterocycles. The van der Waals surface area contributed by atoms with E-state index in [4.69, 9.17) is 0 Å². The molecule has 1 aliphatic carbocycles. The zero-order valence-corrected chi connectivity index (χ0v) is 12.4. The number of fused-ring (bicyclic) bond motifs is 1. The zero-order valence-electron chi connectivity index (χ0n) is 11.5. The van der Waals surface area contributed by atoms with Crippen LogP contribution in [0.4, 0.5) is 0 Å². The molecular formula is C16H21NO2S. The highest BCUT2D eigenvalue weighted by molar-refractivity contribution is 7.18. The van der Waals surface area contributed by atoms with Crippen LogP contribution in [0.15, 0.2) is 24.3 Å². The summed E-state index contributed by atoms with van der Waals surface area (Å²) in [7, 11) is 0. The van der Waals surface area contributed by atoms with Crippen LogP contribution in [0.3, 0.4) is 0 Å². The second-order valence-corrected chi connectivity index (χ2v) is 6.85. The average molecular weight is 291 g/mol. The van der Waals surface area contributed by atoms with Crippen LogP contribution >= 0.6 is 11.3 Å². The summed E-state index contributed by atoms with van der Waals surface area (Å²) in [5.74, 6) is 0.258. The molecule has 0 saturated heterocycles. The minimum atomic E-state index is -0.696. The van der Waals surface area contributed by atoms with E-state index in [9.17, 15) is 10.2 Å². The van der Waals surface area contributed by atoms with Crippen LogP contribution in [-0.2, 0) is 6.42 Å². The number of benzene rings is 1. The monoisotopic (exact) mass is 291 g/mol. The number of rotatable bonds is 4. The van der Waals surface area contributed by atoms with Crippen molar-refractivity contribution in [3.63, 3.8) is 0 Å². The predicted molar refractivity (Wildman–Crippen MR) is 81.9 cm³/mol. The van der Waals surface area contributed by atoms with Crippen molar-refractivity contribution in [2.45, 2.75) is 50.7 Å². The van der Waals surface area contributed by atoms with Crippen molar-refractivity contribution >= 4 is 21.6 Å². The Balaban J connectivity index is 1.66. The summed E-state index contributed by atoms with van der Waals surface area (Å²) >= 11 is 1.61. The molecule has 108 valence electrons. The number of aliphatic hydroxyl groups is 2. The van der Waals surface area contributed by atoms with Crippen LogP contribution in [0.5, 0.6) is 0 Å². The van der Waals surface area contributed by atoms with Crippen LogP contribution < -0.4 is 0 Å². The number of para-hydroxylation sites is 1. The third kappa shape index (κ3) is 3.03. The third-order valence-electron chi connectivity index (χ3n) is 4.25. The van der Waals surface area contributed by atoms with Crippen molar-refractivity contribution in [3.8, 4) is 0 Å². The first-order chi connectivity index (χ1) is 9.74. The van der Waals surface area contributed by atoms with E-state index in [1.54, 1.807) is 11.3 Å². The smallest absolute Gasteiger partial charge is 0.0965 e. The number of hydrogen-bond acceptors (Lipinski definition) is 4. The Hall–Kier alpha value is -0.970. The van der Waals surface area contributed by atoms with Gasteiger partial charge in [-0.3, -0.25) is 0 Å². The summed E-state index contributed by atoms with van der Waals surface area (Å²) in [4.78, 5) is 4.53. The summed E-state index contributed by atoms with van der Waals surface area (Å²) < 4.78 is 1.14. The Bertz CT molecular complexity index is 529. The van der Waals surface area contributed by atoms with Crippen molar-refractivity contribution in [2.24, 2.45) is 5.92 Å². The molecule has 2 atom stereocenters. The molecular weight excluding hydrogens is 270 g/mol. The Morgan fingerprint density at radius 2 is 1.90 bits per heavy atom. The summed E-state index contributed by atoms with van der Waals surface area (Å²) in [6.45, 7) is 0. The van der Waals surface area contributed by atoms with Gasteiger partial charge < -0.3 is 10.2 Å². The molecule has 4 heteroatoms. The molecule has 1 heterocycles. The van der Waals surface area contributed by atoms with Crippen molar-refractivity contribution < 1.29 is 10.2 Å². The Labute approximate surface area is 123 Å². The second kappa shape index (κ2) is 6.20. The van der Waals surface area contributed by atoms with E-state index < -0.39 is 12.2 Å². The highest BCUT2D eigenvalue weighted by atomic mass is 32.1. The molecule has 1 aromatic carbocycles. The molecule has 2 N–H and O–H groups in total. The van der Waals surface area contributed by atoms with Gasteiger partial charge in [0.1, 0.15) is 0 Å². The molecule has 3 rings (SSSR count). The number of nitrogens with zero attached hydrogens (tertiary/aromatic N) is 1. The summed E-state index contributed by atoms with van der Waals surface area (Å²) in [5.41, 5.74) is 0.979. The Kier molecular flexibility index (Phi) is 4.34. The van der Waals surface area contributed by atoms with Crippen LogP contribution in [0.2, 0.25) is 0 Å². The van der Waals surface area contributed by atoms with Crippen molar-refractivity contribution in [3.05, 3.63) is 29.3 Å². The van der Waals surface area contributed by atoms with Crippen molar-refractivity contribution in [1.29, 1.82) is 0 Å². The summed E-state index contributed by atoms with van der Waals surface area (Å²) in [6, 6.07) is 8.00. The molecule has 1 saturated carbocycles. The number of aromatic nitrogens is 1. The highest BCUT2D eigenvalue weighted by Gasteiger charge is 2.28. The first-order valence-corrected chi connectivity index (χ1v) is 8.26. The van der Waals surface area contributed by atoms with E-state index in [0.29, 0.717) is 6.42 Å². The number of hydrogen-bond donors (Lipinski definition) is 2. The van der Waals surface area contributed by atoms with Gasteiger partial charge in [0.25, 0.3) is 0 Å². The molecule has 20 heavy (non-hydrogen) atoms. The maximum atomic E-state index is 10.3. The number of aliphatic hydroxyl groups excluding tert-OH is 2. The lowest BCUT2D eigenvalue weighted by Gasteiger charge is -2.29. The van der Waals surface area contributed by atoms with E-state index in [2.05, 4.69) is 4.98 Å². The zero-order chi connectivity index (χ0) is 13.9. The van der Waals surface area contributed by atoms with Gasteiger partial charge in [0.05, 0.1) is 27.4 Å². The van der Waals surface area contributed by atoms with E-state index in [1.165, 1.54) is 19.3 Å². The quantitative estimate of drug-likeness (QED) is 0.910. The van der Waals surface area contributed by atoms with Gasteiger partial charge in [0.2, 0.25) is 0 Å². The molecule has 0 aliphatic heterocycles. The molecule has 2 aromatic rings. The van der Waals surface area contributed by atoms with Crippen LogP contribution in [0.1, 0.15) is 37.1 Å². The van der Waals surface area contributed by atoms with Gasteiger partial charge in [-0.15, -0.1) is 11.3 Å². The molecule has 0 spiro atoms. The molecule has 2 unspecified atom stereocenters. The van der Waals surface area contributed by atoms with Crippen LogP contribution in [0.25, 0.3) is 10.2 Å². The van der Waals surface area contributed by atoms with Gasteiger partial charge in [-0.2, -0.15) is 0 Å². The fraction of sp³-hybridized carbons (Fsp3) is 0.562. The highest BCUT2D eigenvalue weighted by Crippen LogP contribution is 2.29. The maximum absolute atomic E-state index is 10.3. The first kappa shape index (κ1) is 14.0. The Morgan fingerprint density at radius 3 is 2.65 bits per heavy atom. The summed E-state index contributed by atoms with van der Waals surface area (Å²) in [5, 5.41) is 21.5. The van der Waals surface area contributed by atoms with E-state index in [0.717, 1.165) is 28.1 Å². The van der Waals surface area contributed by atoms with E-state index in [-0.39, 0.29) is 5.92 Å². The number of thiazole rings is 1. The van der Waals surface area contributed by atoms with Crippen molar-refractivity contribution in [1.82, 2.24) is 4.98 Å². The van der Waals surface area contributed by atoms with Gasteiger partial charge in [-0.1, -0.05) is 31.4 Å². The lowest BCUT2D eigenvalue weighted by molar-refractivity contribution is -0.0263. The minimum Gasteiger partial charge on any atom is -0.390 e. The lowest BCUT2D eigenvalue weighted by Crippen LogP contribution is -2.36. The van der Waals surface area contributed by atoms with Gasteiger partial charge in [-0.25, -0.2) is 4.98 Å². The van der Waals surface area contributed by atoms with Crippen LogP contribution in [0, 0.1) is 5.92 Å². The molecule has 1 aliphatic rings. The van der Waals surface area contributed by atoms with Gasteiger partial charge in [-0.05, 0) is 30.9 Å². The molecule has 3 nitrogen and oxygen atoms in total. The van der Waals surface area contributed by atoms with E-state index in [1.807, 2.05) is 24.3 Å². The summed E-state index contributed by atoms with van der Waals surface area (Å²) in [6.07, 6.45) is 4.84. The fourth-order valence-corrected chi connectivity index (χ4v) is 4.11. The van der Waals surface area contributed by atoms with E-state index >= 15 is 0 Å². The SMILES string of the molecule is OC(Cc1nc2ccccc2s1)C(O)C1CCCCC1. The van der Waals surface area contributed by atoms with Crippen molar-refractivity contribution in [2.75, 3.05) is 0 Å². The topological polar surface area (TPSA) is 53.4 Å². The fourth-order valence-electron chi connectivity index (χ4n) is 3.10. The average Bonchev–Trinajstić information content (AvgIpc) is 2.89. The van der Waals surface area contributed by atoms with Gasteiger partial charge in [0, 0.05) is 6.42 Å². The largest absolute Gasteiger partial charge is 0.390 e. The molecule has 0 radical (unpaired) electrons. The predicted octanol–water partition coefficient (Wildman–Crippen LogP) is 3.14. The Morgan fingerprint density at radius 1 is 1.15 bits per heavy atom. The first-order valence-electron chi connectivity index (χ1n) is 7.44.